The molecule has 0 atom stereocenters. The minimum absolute atomic E-state index is 0.0272. The van der Waals surface area contributed by atoms with E-state index in [-0.39, 0.29) is 17.0 Å². The number of hydrogen-bond donors (Lipinski definition) is 0. The second-order valence-electron chi connectivity index (χ2n) is 3.91. The van der Waals surface area contributed by atoms with Crippen LogP contribution in [0.3, 0.4) is 0 Å². The van der Waals surface area contributed by atoms with Crippen LogP contribution in [0.1, 0.15) is 11.4 Å². The van der Waals surface area contributed by atoms with Crippen molar-refractivity contribution in [3.63, 3.8) is 0 Å². The Balaban J connectivity index is 2.73. The molecule has 0 radical (unpaired) electrons. The molecule has 0 spiro atoms. The molecular weight excluding hydrogens is 274 g/mol. The summed E-state index contributed by atoms with van der Waals surface area (Å²) in [5, 5.41) is 24.7. The lowest BCUT2D eigenvalue weighted by molar-refractivity contribution is -0.133. The fourth-order valence-corrected chi connectivity index (χ4v) is 1.71. The molecule has 0 aliphatic rings. The van der Waals surface area contributed by atoms with Crippen LogP contribution in [0.2, 0.25) is 0 Å². The normalized spacial score (nSPS) is 11.1. The Morgan fingerprint density at radius 2 is 2.10 bits per heavy atom. The minimum Gasteiger partial charge on any atom is -0.498 e. The number of hydrogen-bond acceptors (Lipinski definition) is 6. The van der Waals surface area contributed by atoms with Gasteiger partial charge in [0.05, 0.1) is 14.2 Å². The molecule has 0 fully saturated rings. The molecule has 8 heteroatoms. The summed E-state index contributed by atoms with van der Waals surface area (Å²) in [5.41, 5.74) is 0.673. The van der Waals surface area contributed by atoms with Crippen LogP contribution >= 0.6 is 0 Å². The number of ether oxygens (including phenoxy) is 1. The maximum atomic E-state index is 12.0. The van der Waals surface area contributed by atoms with E-state index in [1.165, 1.54) is 11.9 Å². The molecule has 0 aliphatic heterocycles. The van der Waals surface area contributed by atoms with E-state index in [1.54, 1.807) is 37.4 Å². The lowest BCUT2D eigenvalue weighted by Gasteiger charge is -2.03. The van der Waals surface area contributed by atoms with E-state index in [1.807, 2.05) is 0 Å². The van der Waals surface area contributed by atoms with Gasteiger partial charge in [0, 0.05) is 5.01 Å². The molecular formula is C13H11N5O3. The van der Waals surface area contributed by atoms with Crippen LogP contribution in [0.15, 0.2) is 30.3 Å². The molecule has 0 amide bonds. The van der Waals surface area contributed by atoms with E-state index in [0.29, 0.717) is 5.56 Å². The predicted octanol–water partition coefficient (Wildman–Crippen LogP) is 1.12. The number of aryl methyl sites for hydroxylation is 1. The summed E-state index contributed by atoms with van der Waals surface area (Å²) in [4.78, 5) is 13.2. The second-order valence-corrected chi connectivity index (χ2v) is 3.91. The topological polar surface area (TPSA) is 97.3 Å². The Morgan fingerprint density at radius 3 is 2.62 bits per heavy atom. The van der Waals surface area contributed by atoms with Gasteiger partial charge in [0.15, 0.2) is 0 Å². The van der Waals surface area contributed by atoms with Crippen molar-refractivity contribution in [1.82, 2.24) is 20.2 Å². The number of benzene rings is 1. The van der Waals surface area contributed by atoms with Crippen molar-refractivity contribution in [2.24, 2.45) is 7.05 Å². The number of tetrazole rings is 1. The molecule has 0 unspecified atom stereocenters. The van der Waals surface area contributed by atoms with Crippen molar-refractivity contribution in [3.8, 4) is 6.07 Å². The number of aromatic nitrogens is 4. The molecule has 21 heavy (non-hydrogen) atoms. The summed E-state index contributed by atoms with van der Waals surface area (Å²) in [6, 6.07) is 11.0. The zero-order chi connectivity index (χ0) is 15.2. The van der Waals surface area contributed by atoms with Gasteiger partial charge in [-0.3, -0.25) is 0 Å². The Morgan fingerprint density at radius 1 is 1.38 bits per heavy atom. The van der Waals surface area contributed by atoms with Crippen molar-refractivity contribution in [2.45, 2.75) is 0 Å². The molecule has 0 saturated carbocycles. The van der Waals surface area contributed by atoms with Crippen molar-refractivity contribution < 1.29 is 9.53 Å². The largest absolute Gasteiger partial charge is 0.498 e. The highest BCUT2D eigenvalue weighted by Gasteiger charge is 2.26. The van der Waals surface area contributed by atoms with Gasteiger partial charge in [-0.05, 0) is 10.8 Å². The van der Waals surface area contributed by atoms with Crippen molar-refractivity contribution in [3.05, 3.63) is 51.9 Å². The quantitative estimate of drug-likeness (QED) is 0.363. The maximum Gasteiger partial charge on any atom is 0.343 e. The molecule has 0 bridgehead atoms. The zero-order valence-corrected chi connectivity index (χ0v) is 11.3. The molecule has 1 heterocycles. The van der Waals surface area contributed by atoms with Gasteiger partial charge in [-0.25, -0.2) is 4.79 Å². The van der Waals surface area contributed by atoms with E-state index in [4.69, 9.17) is 4.74 Å². The highest BCUT2D eigenvalue weighted by molar-refractivity contribution is 6.25. The number of allylic oxidation sites excluding steroid dienone is 1. The molecule has 1 aromatic carbocycles. The fourth-order valence-electron chi connectivity index (χ4n) is 1.71. The van der Waals surface area contributed by atoms with E-state index < -0.39 is 5.97 Å². The maximum absolute atomic E-state index is 12.0. The Bertz CT molecular complexity index is 740. The first-order chi connectivity index (χ1) is 10.2. The van der Waals surface area contributed by atoms with Gasteiger partial charge in [-0.2, -0.15) is 4.80 Å². The lowest BCUT2D eigenvalue weighted by atomic mass is 10.0. The van der Waals surface area contributed by atoms with Crippen LogP contribution in [-0.4, -0.2) is 33.3 Å². The fraction of sp³-hybridized carbons (Fsp3) is 0.154. The third kappa shape index (κ3) is 3.03. The van der Waals surface area contributed by atoms with Crippen molar-refractivity contribution >= 4 is 17.1 Å². The van der Waals surface area contributed by atoms with Gasteiger partial charge >= 0.3 is 12.0 Å². The average Bonchev–Trinajstić information content (AvgIpc) is 2.93. The second kappa shape index (κ2) is 6.29. The van der Waals surface area contributed by atoms with E-state index in [2.05, 4.69) is 26.5 Å². The van der Waals surface area contributed by atoms with Gasteiger partial charge < -0.3 is 9.94 Å². The molecule has 8 nitrogen and oxygen atoms in total. The third-order valence-corrected chi connectivity index (χ3v) is 2.59. The molecule has 106 valence electrons. The number of nitrogens with zero attached hydrogens (tertiary/aromatic N) is 5. The molecule has 0 saturated heterocycles. The average molecular weight is 285 g/mol. The van der Waals surface area contributed by atoms with Gasteiger partial charge in [0.25, 0.3) is 0 Å². The monoisotopic (exact) mass is 285 g/mol. The van der Waals surface area contributed by atoms with Crippen LogP contribution in [0, 0.1) is 11.3 Å². The summed E-state index contributed by atoms with van der Waals surface area (Å²) in [5.74, 6) is -0.683. The third-order valence-electron chi connectivity index (χ3n) is 2.59. The van der Waals surface area contributed by atoms with Crippen LogP contribution in [0.25, 0.3) is 16.2 Å². The Labute approximate surface area is 120 Å². The molecule has 1 aromatic heterocycles. The first kappa shape index (κ1) is 14.2. The van der Waals surface area contributed by atoms with E-state index in [0.717, 1.165) is 0 Å². The number of methoxy groups -OCH3 is 1. The van der Waals surface area contributed by atoms with Crippen LogP contribution in [0.5, 0.6) is 0 Å². The van der Waals surface area contributed by atoms with Crippen molar-refractivity contribution in [1.29, 1.82) is 0 Å². The predicted molar refractivity (Wildman–Crippen MR) is 74.7 cm³/mol. The van der Waals surface area contributed by atoms with Crippen LogP contribution in [0.4, 0.5) is 0 Å². The summed E-state index contributed by atoms with van der Waals surface area (Å²) in [6.45, 7) is 0. The number of rotatable bonds is 3. The number of carbonyl (C=O) groups is 1. The van der Waals surface area contributed by atoms with Crippen LogP contribution in [-0.2, 0) is 16.6 Å². The zero-order valence-electron chi connectivity index (χ0n) is 11.3. The summed E-state index contributed by atoms with van der Waals surface area (Å²) >= 11 is 0. The summed E-state index contributed by atoms with van der Waals surface area (Å²) in [6.07, 6.45) is 0. The SMILES string of the molecule is COC(=O)/C(=C(/C#[N+][O-])c1ccccc1)c1nnn(C)n1. The van der Waals surface area contributed by atoms with Crippen LogP contribution < -0.4 is 0 Å². The smallest absolute Gasteiger partial charge is 0.343 e. The summed E-state index contributed by atoms with van der Waals surface area (Å²) < 4.78 is 4.73. The molecule has 0 aliphatic carbocycles. The molecule has 2 aromatic rings. The van der Waals surface area contributed by atoms with Gasteiger partial charge in [-0.15, -0.1) is 10.2 Å². The standard InChI is InChI=1S/C13H11N5O3/c1-18-16-12(15-17-18)11(13(19)21-2)10(8-14-20)9-6-4-3-5-7-9/h3-7H,1-2H3/b11-10-. The van der Waals surface area contributed by atoms with Gasteiger partial charge in [0.1, 0.15) is 11.1 Å². The number of carbonyl (C=O) groups excluding carboxylic acids is 1. The van der Waals surface area contributed by atoms with Crippen molar-refractivity contribution in [2.75, 3.05) is 7.11 Å². The van der Waals surface area contributed by atoms with E-state index in [9.17, 15) is 10.0 Å². The first-order valence-electron chi connectivity index (χ1n) is 5.88. The van der Waals surface area contributed by atoms with Gasteiger partial charge in [0.2, 0.25) is 5.82 Å². The highest BCUT2D eigenvalue weighted by atomic mass is 16.5. The van der Waals surface area contributed by atoms with Gasteiger partial charge in [-0.1, -0.05) is 30.3 Å². The first-order valence-corrected chi connectivity index (χ1v) is 5.88. The molecule has 2 rings (SSSR count). The minimum atomic E-state index is -0.710. The Kier molecular flexibility index (Phi) is 4.26. The summed E-state index contributed by atoms with van der Waals surface area (Å²) in [7, 11) is 2.77. The Hall–Kier alpha value is -3.21. The highest BCUT2D eigenvalue weighted by Crippen LogP contribution is 2.24. The number of esters is 1. The van der Waals surface area contributed by atoms with E-state index >= 15 is 0 Å². The lowest BCUT2D eigenvalue weighted by Crippen LogP contribution is -2.08. The molecule has 0 N–H and O–H groups in total.